The Hall–Kier alpha value is -1.16. The van der Waals surface area contributed by atoms with Gasteiger partial charge in [-0.25, -0.2) is 9.97 Å². The van der Waals surface area contributed by atoms with Gasteiger partial charge in [0.05, 0.1) is 6.61 Å². The minimum absolute atomic E-state index is 0.311. The maximum absolute atomic E-state index is 6.04. The highest BCUT2D eigenvalue weighted by molar-refractivity contribution is 5.44. The summed E-state index contributed by atoms with van der Waals surface area (Å²) in [6, 6.07) is 0. The van der Waals surface area contributed by atoms with Crippen molar-refractivity contribution in [2.24, 2.45) is 0 Å². The molecule has 1 fully saturated rings. The fourth-order valence-electron chi connectivity index (χ4n) is 2.47. The molecule has 94 valence electrons. The topological polar surface area (TPSA) is 61.0 Å². The Kier molecular flexibility index (Phi) is 3.62. The molecule has 1 aliphatic heterocycles. The average Bonchev–Trinajstić information content (AvgIpc) is 2.28. The lowest BCUT2D eigenvalue weighted by Gasteiger charge is -2.22. The van der Waals surface area contributed by atoms with Gasteiger partial charge >= 0.3 is 0 Å². The molecule has 0 radical (unpaired) electrons. The van der Waals surface area contributed by atoms with Gasteiger partial charge in [-0.1, -0.05) is 13.8 Å². The Labute approximate surface area is 103 Å². The van der Waals surface area contributed by atoms with E-state index in [1.165, 1.54) is 0 Å². The summed E-state index contributed by atoms with van der Waals surface area (Å²) in [5.41, 5.74) is 8.12. The fourth-order valence-corrected chi connectivity index (χ4v) is 2.47. The average molecular weight is 235 g/mol. The highest BCUT2D eigenvalue weighted by Gasteiger charge is 2.21. The molecule has 0 saturated carbocycles. The highest BCUT2D eigenvalue weighted by atomic mass is 16.5. The zero-order valence-corrected chi connectivity index (χ0v) is 10.9. The van der Waals surface area contributed by atoms with Crippen LogP contribution in [-0.4, -0.2) is 23.2 Å². The van der Waals surface area contributed by atoms with Gasteiger partial charge in [0.25, 0.3) is 0 Å². The number of nitrogens with zero attached hydrogens (tertiary/aromatic N) is 2. The molecule has 0 spiro atoms. The van der Waals surface area contributed by atoms with Crippen molar-refractivity contribution >= 4 is 5.82 Å². The van der Waals surface area contributed by atoms with Crippen LogP contribution in [0.25, 0.3) is 0 Å². The second-order valence-corrected chi connectivity index (χ2v) is 5.03. The van der Waals surface area contributed by atoms with Gasteiger partial charge in [-0.05, 0) is 25.7 Å². The van der Waals surface area contributed by atoms with E-state index in [1.807, 2.05) is 6.92 Å². The van der Waals surface area contributed by atoms with Gasteiger partial charge in [0.2, 0.25) is 0 Å². The molecule has 1 saturated heterocycles. The van der Waals surface area contributed by atoms with E-state index in [-0.39, 0.29) is 0 Å². The molecule has 17 heavy (non-hydrogen) atoms. The number of hydrogen-bond donors (Lipinski definition) is 1. The normalized spacial score (nSPS) is 20.8. The van der Waals surface area contributed by atoms with Gasteiger partial charge in [0, 0.05) is 23.8 Å². The predicted octanol–water partition coefficient (Wildman–Crippen LogP) is 2.38. The van der Waals surface area contributed by atoms with Crippen LogP contribution in [0.5, 0.6) is 0 Å². The molecule has 1 aromatic heterocycles. The maximum Gasteiger partial charge on any atom is 0.136 e. The first-order chi connectivity index (χ1) is 8.09. The molecule has 1 atom stereocenters. The zero-order chi connectivity index (χ0) is 12.4. The Bertz CT molecular complexity index is 375. The zero-order valence-electron chi connectivity index (χ0n) is 10.9. The summed E-state index contributed by atoms with van der Waals surface area (Å²) >= 11 is 0. The maximum atomic E-state index is 6.04. The number of aromatic nitrogens is 2. The van der Waals surface area contributed by atoms with Crippen molar-refractivity contribution < 1.29 is 4.74 Å². The number of nitrogens with two attached hydrogens (primary N) is 1. The van der Waals surface area contributed by atoms with Crippen LogP contribution in [0.4, 0.5) is 5.82 Å². The Morgan fingerprint density at radius 2 is 2.12 bits per heavy atom. The Balaban J connectivity index is 2.31. The molecule has 0 amide bonds. The van der Waals surface area contributed by atoms with Crippen LogP contribution in [0.2, 0.25) is 0 Å². The van der Waals surface area contributed by atoms with Gasteiger partial charge in [-0.15, -0.1) is 0 Å². The van der Waals surface area contributed by atoms with Crippen molar-refractivity contribution in [2.75, 3.05) is 18.9 Å². The van der Waals surface area contributed by atoms with Crippen molar-refractivity contribution in [3.05, 3.63) is 17.1 Å². The first-order valence-electron chi connectivity index (χ1n) is 6.31. The molecule has 2 rings (SSSR count). The molecule has 4 heteroatoms. The van der Waals surface area contributed by atoms with Crippen LogP contribution in [0.3, 0.4) is 0 Å². The summed E-state index contributed by atoms with van der Waals surface area (Å²) in [4.78, 5) is 9.07. The van der Waals surface area contributed by atoms with E-state index in [1.54, 1.807) is 0 Å². The van der Waals surface area contributed by atoms with Gasteiger partial charge in [0.1, 0.15) is 11.6 Å². The predicted molar refractivity (Wildman–Crippen MR) is 68.1 cm³/mol. The summed E-state index contributed by atoms with van der Waals surface area (Å²) in [7, 11) is 0. The third-order valence-electron chi connectivity index (χ3n) is 3.29. The number of ether oxygens (including phenoxy) is 1. The number of aryl methyl sites for hydroxylation is 1. The van der Waals surface area contributed by atoms with E-state index < -0.39 is 0 Å². The lowest BCUT2D eigenvalue weighted by Crippen LogP contribution is -2.19. The summed E-state index contributed by atoms with van der Waals surface area (Å²) in [6.45, 7) is 7.83. The van der Waals surface area contributed by atoms with Crippen LogP contribution in [0, 0.1) is 6.92 Å². The number of rotatable bonds is 2. The molecule has 1 aromatic rings. The quantitative estimate of drug-likeness (QED) is 0.855. The van der Waals surface area contributed by atoms with Crippen molar-refractivity contribution in [2.45, 2.75) is 45.4 Å². The minimum Gasteiger partial charge on any atom is -0.383 e. The first kappa shape index (κ1) is 12.3. The van der Waals surface area contributed by atoms with Crippen molar-refractivity contribution in [3.8, 4) is 0 Å². The lowest BCUT2D eigenvalue weighted by molar-refractivity contribution is 0.0780. The van der Waals surface area contributed by atoms with E-state index in [4.69, 9.17) is 10.5 Å². The molecule has 1 unspecified atom stereocenters. The van der Waals surface area contributed by atoms with Gasteiger partial charge in [-0.3, -0.25) is 0 Å². The summed E-state index contributed by atoms with van der Waals surface area (Å²) in [5.74, 6) is 2.16. The number of anilines is 1. The molecule has 1 aliphatic rings. The smallest absolute Gasteiger partial charge is 0.136 e. The van der Waals surface area contributed by atoms with Crippen LogP contribution < -0.4 is 5.73 Å². The number of hydrogen-bond acceptors (Lipinski definition) is 4. The van der Waals surface area contributed by atoms with E-state index in [2.05, 4.69) is 23.8 Å². The SMILES string of the molecule is Cc1nc(C2CCCOC2)nc(N)c1C(C)C. The lowest BCUT2D eigenvalue weighted by atomic mass is 9.99. The van der Waals surface area contributed by atoms with Crippen molar-refractivity contribution in [3.63, 3.8) is 0 Å². The fraction of sp³-hybridized carbons (Fsp3) is 0.692. The first-order valence-corrected chi connectivity index (χ1v) is 6.31. The van der Waals surface area contributed by atoms with Crippen molar-refractivity contribution in [1.82, 2.24) is 9.97 Å². The second-order valence-electron chi connectivity index (χ2n) is 5.03. The van der Waals surface area contributed by atoms with Gasteiger partial charge < -0.3 is 10.5 Å². The summed E-state index contributed by atoms with van der Waals surface area (Å²) in [6.07, 6.45) is 2.18. The molecule has 0 aliphatic carbocycles. The van der Waals surface area contributed by atoms with Gasteiger partial charge in [0.15, 0.2) is 0 Å². The van der Waals surface area contributed by atoms with E-state index >= 15 is 0 Å². The van der Waals surface area contributed by atoms with Crippen molar-refractivity contribution in [1.29, 1.82) is 0 Å². The van der Waals surface area contributed by atoms with Crippen LogP contribution in [0.15, 0.2) is 0 Å². The molecular formula is C13H21N3O. The van der Waals surface area contributed by atoms with Crippen LogP contribution in [-0.2, 0) is 4.74 Å². The molecular weight excluding hydrogens is 214 g/mol. The van der Waals surface area contributed by atoms with Gasteiger partial charge in [-0.2, -0.15) is 0 Å². The van der Waals surface area contributed by atoms with Crippen LogP contribution >= 0.6 is 0 Å². The summed E-state index contributed by atoms with van der Waals surface area (Å²) < 4.78 is 5.47. The third kappa shape index (κ3) is 2.57. The van der Waals surface area contributed by atoms with E-state index in [0.29, 0.717) is 17.7 Å². The summed E-state index contributed by atoms with van der Waals surface area (Å²) in [5, 5.41) is 0. The largest absolute Gasteiger partial charge is 0.383 e. The molecule has 0 aromatic carbocycles. The van der Waals surface area contributed by atoms with E-state index in [9.17, 15) is 0 Å². The molecule has 2 N–H and O–H groups in total. The minimum atomic E-state index is 0.311. The standard InChI is InChI=1S/C13H21N3O/c1-8(2)11-9(3)15-13(16-12(11)14)10-5-4-6-17-7-10/h8,10H,4-7H2,1-3H3,(H2,14,15,16). The molecule has 4 nitrogen and oxygen atoms in total. The monoisotopic (exact) mass is 235 g/mol. The van der Waals surface area contributed by atoms with E-state index in [0.717, 1.165) is 43.1 Å². The molecule has 0 bridgehead atoms. The second kappa shape index (κ2) is 5.00. The van der Waals surface area contributed by atoms with Crippen LogP contribution in [0.1, 0.15) is 55.6 Å². The Morgan fingerprint density at radius 1 is 1.35 bits per heavy atom. The number of nitrogen functional groups attached to an aromatic ring is 1. The Morgan fingerprint density at radius 3 is 2.65 bits per heavy atom. The highest BCUT2D eigenvalue weighted by Crippen LogP contribution is 2.28. The third-order valence-corrected chi connectivity index (χ3v) is 3.29. The molecule has 2 heterocycles.